The Bertz CT molecular complexity index is 788. The van der Waals surface area contributed by atoms with Crippen LogP contribution in [0.5, 0.6) is 0 Å². The number of hydrogen-bond acceptors (Lipinski definition) is 5. The molecule has 0 aliphatic heterocycles. The lowest BCUT2D eigenvalue weighted by molar-refractivity contribution is -0.148. The molecule has 1 aromatic heterocycles. The van der Waals surface area contributed by atoms with Gasteiger partial charge in [0.05, 0.1) is 7.11 Å². The summed E-state index contributed by atoms with van der Waals surface area (Å²) in [5.74, 6) is -3.39. The SMILES string of the molecule is CC[C@@H](C)[C@H](NC(=O)Cn1c(C(F)(F)F)ccc(C(N)=O)c1=O)C(=O)OC. The summed E-state index contributed by atoms with van der Waals surface area (Å²) in [4.78, 5) is 47.4. The maximum Gasteiger partial charge on any atom is 0.431 e. The molecule has 1 heterocycles. The first-order valence-corrected chi connectivity index (χ1v) is 7.92. The topological polar surface area (TPSA) is 120 Å². The van der Waals surface area contributed by atoms with Crippen molar-refractivity contribution in [1.82, 2.24) is 9.88 Å². The van der Waals surface area contributed by atoms with E-state index in [0.717, 1.165) is 7.11 Å². The number of carbonyl (C=O) groups is 3. The smallest absolute Gasteiger partial charge is 0.431 e. The number of carbonyl (C=O) groups excluding carboxylic acids is 3. The van der Waals surface area contributed by atoms with Crippen LogP contribution in [0.1, 0.15) is 36.3 Å². The van der Waals surface area contributed by atoms with Gasteiger partial charge in [-0.15, -0.1) is 0 Å². The Hall–Kier alpha value is -2.85. The van der Waals surface area contributed by atoms with Gasteiger partial charge in [0.25, 0.3) is 11.5 Å². The maximum atomic E-state index is 13.2. The summed E-state index contributed by atoms with van der Waals surface area (Å²) < 4.78 is 44.1. The van der Waals surface area contributed by atoms with Gasteiger partial charge in [0.1, 0.15) is 23.8 Å². The van der Waals surface area contributed by atoms with Gasteiger partial charge in [-0.05, 0) is 18.1 Å². The summed E-state index contributed by atoms with van der Waals surface area (Å²) in [5.41, 5.74) is 1.50. The van der Waals surface area contributed by atoms with Gasteiger partial charge in [-0.1, -0.05) is 20.3 Å². The molecule has 2 atom stereocenters. The molecule has 3 N–H and O–H groups in total. The van der Waals surface area contributed by atoms with Crippen molar-refractivity contribution < 1.29 is 32.3 Å². The van der Waals surface area contributed by atoms with E-state index in [2.05, 4.69) is 10.1 Å². The third-order valence-electron chi connectivity index (χ3n) is 4.02. The maximum absolute atomic E-state index is 13.2. The molecular weight excluding hydrogens is 371 g/mol. The number of amides is 2. The van der Waals surface area contributed by atoms with Crippen LogP contribution in [-0.4, -0.2) is 35.5 Å². The molecule has 27 heavy (non-hydrogen) atoms. The molecule has 0 unspecified atom stereocenters. The number of alkyl halides is 3. The number of primary amides is 1. The summed E-state index contributed by atoms with van der Waals surface area (Å²) >= 11 is 0. The first kappa shape index (κ1) is 22.2. The van der Waals surface area contributed by atoms with Crippen molar-refractivity contribution in [3.05, 3.63) is 33.7 Å². The fraction of sp³-hybridized carbons (Fsp3) is 0.500. The summed E-state index contributed by atoms with van der Waals surface area (Å²) in [6.45, 7) is 2.33. The lowest BCUT2D eigenvalue weighted by atomic mass is 9.99. The predicted molar refractivity (Wildman–Crippen MR) is 87.6 cm³/mol. The number of nitrogens with two attached hydrogens (primary N) is 1. The van der Waals surface area contributed by atoms with Crippen molar-refractivity contribution in [2.24, 2.45) is 11.7 Å². The van der Waals surface area contributed by atoms with Gasteiger partial charge < -0.3 is 15.8 Å². The lowest BCUT2D eigenvalue weighted by Crippen LogP contribution is -2.48. The fourth-order valence-electron chi connectivity index (χ4n) is 2.33. The molecule has 1 aromatic rings. The third-order valence-corrected chi connectivity index (χ3v) is 4.02. The fourth-order valence-corrected chi connectivity index (χ4v) is 2.33. The van der Waals surface area contributed by atoms with Crippen LogP contribution in [0.3, 0.4) is 0 Å². The second-order valence-electron chi connectivity index (χ2n) is 5.84. The third kappa shape index (κ3) is 5.31. The first-order valence-electron chi connectivity index (χ1n) is 7.92. The molecule has 0 spiro atoms. The number of rotatable bonds is 7. The number of hydrogen-bond donors (Lipinski definition) is 2. The number of esters is 1. The van der Waals surface area contributed by atoms with E-state index in [1.165, 1.54) is 0 Å². The Morgan fingerprint density at radius 2 is 1.89 bits per heavy atom. The van der Waals surface area contributed by atoms with Crippen LogP contribution in [0.2, 0.25) is 0 Å². The lowest BCUT2D eigenvalue weighted by Gasteiger charge is -2.22. The van der Waals surface area contributed by atoms with E-state index < -0.39 is 53.4 Å². The largest absolute Gasteiger partial charge is 0.467 e. The molecule has 0 saturated heterocycles. The first-order chi connectivity index (χ1) is 12.4. The summed E-state index contributed by atoms with van der Waals surface area (Å²) in [7, 11) is 1.10. The van der Waals surface area contributed by atoms with E-state index in [4.69, 9.17) is 5.73 Å². The number of methoxy groups -OCH3 is 1. The van der Waals surface area contributed by atoms with Crippen LogP contribution < -0.4 is 16.6 Å². The number of ether oxygens (including phenoxy) is 1. The average molecular weight is 391 g/mol. The average Bonchev–Trinajstić information content (AvgIpc) is 2.58. The number of pyridine rings is 1. The van der Waals surface area contributed by atoms with Crippen molar-refractivity contribution in [1.29, 1.82) is 0 Å². The number of halogens is 3. The van der Waals surface area contributed by atoms with E-state index in [1.807, 2.05) is 0 Å². The van der Waals surface area contributed by atoms with Gasteiger partial charge in [0, 0.05) is 0 Å². The molecule has 0 bridgehead atoms. The Morgan fingerprint density at radius 3 is 2.33 bits per heavy atom. The monoisotopic (exact) mass is 391 g/mol. The second kappa shape index (κ2) is 8.69. The van der Waals surface area contributed by atoms with Gasteiger partial charge in [-0.3, -0.25) is 19.0 Å². The van der Waals surface area contributed by atoms with E-state index in [9.17, 15) is 32.3 Å². The van der Waals surface area contributed by atoms with Crippen LogP contribution in [0.15, 0.2) is 16.9 Å². The van der Waals surface area contributed by atoms with Crippen LogP contribution in [0.25, 0.3) is 0 Å². The van der Waals surface area contributed by atoms with Gasteiger partial charge in [0.15, 0.2) is 0 Å². The standard InChI is InChI=1S/C16H20F3N3O5/c1-4-8(2)12(15(26)27-3)21-11(23)7-22-10(16(17,18)19)6-5-9(13(20)24)14(22)25/h5-6,8,12H,4,7H2,1-3H3,(H2,20,24)(H,21,23)/t8-,12+/m1/s1. The molecule has 8 nitrogen and oxygen atoms in total. The molecule has 0 aliphatic carbocycles. The molecule has 0 fully saturated rings. The van der Waals surface area contributed by atoms with Crippen LogP contribution >= 0.6 is 0 Å². The molecule has 2 amide bonds. The van der Waals surface area contributed by atoms with Gasteiger partial charge in [0.2, 0.25) is 5.91 Å². The van der Waals surface area contributed by atoms with Gasteiger partial charge in [-0.25, -0.2) is 4.79 Å². The molecule has 0 aliphatic rings. The van der Waals surface area contributed by atoms with E-state index in [-0.39, 0.29) is 10.5 Å². The zero-order valence-electron chi connectivity index (χ0n) is 14.9. The van der Waals surface area contributed by atoms with Crippen LogP contribution in [0, 0.1) is 5.92 Å². The summed E-state index contributed by atoms with van der Waals surface area (Å²) in [5, 5.41) is 2.26. The predicted octanol–water partition coefficient (Wildman–Crippen LogP) is 0.670. The summed E-state index contributed by atoms with van der Waals surface area (Å²) in [6.07, 6.45) is -4.47. The normalized spacial score (nSPS) is 13.6. The minimum absolute atomic E-state index is 0.0976. The second-order valence-corrected chi connectivity index (χ2v) is 5.84. The molecule has 1 rings (SSSR count). The Kier molecular flexibility index (Phi) is 7.14. The minimum Gasteiger partial charge on any atom is -0.467 e. The summed E-state index contributed by atoms with van der Waals surface area (Å²) in [6, 6.07) is 0.0383. The quantitative estimate of drug-likeness (QED) is 0.662. The van der Waals surface area contributed by atoms with E-state index in [1.54, 1.807) is 13.8 Å². The van der Waals surface area contributed by atoms with Crippen molar-refractivity contribution >= 4 is 17.8 Å². The number of nitrogens with zero attached hydrogens (tertiary/aromatic N) is 1. The Balaban J connectivity index is 3.27. The van der Waals surface area contributed by atoms with Crippen molar-refractivity contribution in [2.75, 3.05) is 7.11 Å². The van der Waals surface area contributed by atoms with E-state index in [0.29, 0.717) is 18.6 Å². The molecule has 150 valence electrons. The minimum atomic E-state index is -4.95. The zero-order valence-corrected chi connectivity index (χ0v) is 14.9. The molecule has 11 heteroatoms. The Labute approximate surface area is 152 Å². The zero-order chi connectivity index (χ0) is 20.9. The van der Waals surface area contributed by atoms with Crippen LogP contribution in [-0.2, 0) is 27.0 Å². The molecule has 0 aromatic carbocycles. The highest BCUT2D eigenvalue weighted by atomic mass is 19.4. The molecular formula is C16H20F3N3O5. The molecule has 0 saturated carbocycles. The molecule has 0 radical (unpaired) electrons. The highest BCUT2D eigenvalue weighted by Crippen LogP contribution is 2.28. The highest BCUT2D eigenvalue weighted by molar-refractivity contribution is 5.92. The van der Waals surface area contributed by atoms with Gasteiger partial charge in [-0.2, -0.15) is 13.2 Å². The van der Waals surface area contributed by atoms with E-state index >= 15 is 0 Å². The Morgan fingerprint density at radius 1 is 1.30 bits per heavy atom. The van der Waals surface area contributed by atoms with Crippen molar-refractivity contribution in [3.8, 4) is 0 Å². The number of aromatic nitrogens is 1. The number of nitrogens with one attached hydrogen (secondary N) is 1. The van der Waals surface area contributed by atoms with Gasteiger partial charge >= 0.3 is 12.1 Å². The van der Waals surface area contributed by atoms with Crippen LogP contribution in [0.4, 0.5) is 13.2 Å². The highest BCUT2D eigenvalue weighted by Gasteiger charge is 2.36. The van der Waals surface area contributed by atoms with Crippen molar-refractivity contribution in [3.63, 3.8) is 0 Å². The van der Waals surface area contributed by atoms with Crippen molar-refractivity contribution in [2.45, 2.75) is 39.0 Å².